The van der Waals surface area contributed by atoms with Crippen LogP contribution in [0.25, 0.3) is 10.9 Å². The molecule has 0 fully saturated rings. The fourth-order valence-electron chi connectivity index (χ4n) is 4.85. The minimum Gasteiger partial charge on any atom is -0.744 e. The molecular formula is C25H33N2O4SSi-. The molecule has 0 aliphatic heterocycles. The van der Waals surface area contributed by atoms with Gasteiger partial charge in [-0.25, -0.2) is 8.42 Å². The molecule has 0 spiro atoms. The molecule has 33 heavy (non-hydrogen) atoms. The summed E-state index contributed by atoms with van der Waals surface area (Å²) in [7, 11) is -6.55. The zero-order valence-corrected chi connectivity index (χ0v) is 22.2. The molecule has 0 saturated heterocycles. The highest BCUT2D eigenvalue weighted by molar-refractivity contribution is 7.93. The van der Waals surface area contributed by atoms with Crippen LogP contribution in [0.2, 0.25) is 16.6 Å². The maximum absolute atomic E-state index is 13.1. The zero-order valence-electron chi connectivity index (χ0n) is 20.4. The van der Waals surface area contributed by atoms with Gasteiger partial charge in [0.15, 0.2) is 0 Å². The van der Waals surface area contributed by atoms with E-state index in [1.54, 1.807) is 30.5 Å². The average Bonchev–Trinajstić information content (AvgIpc) is 2.76. The van der Waals surface area contributed by atoms with Gasteiger partial charge in [-0.2, -0.15) is 0 Å². The first kappa shape index (κ1) is 25.2. The Labute approximate surface area is 198 Å². The van der Waals surface area contributed by atoms with Crippen molar-refractivity contribution in [2.75, 3.05) is 4.47 Å². The van der Waals surface area contributed by atoms with Gasteiger partial charge in [0.25, 0.3) is 18.3 Å². The van der Waals surface area contributed by atoms with Gasteiger partial charge in [-0.3, -0.25) is 4.98 Å². The number of benzene rings is 2. The summed E-state index contributed by atoms with van der Waals surface area (Å²) in [4.78, 5) is 4.32. The first-order chi connectivity index (χ1) is 15.4. The number of rotatable bonds is 8. The maximum atomic E-state index is 13.1. The molecular weight excluding hydrogens is 452 g/mol. The summed E-state index contributed by atoms with van der Waals surface area (Å²) in [6, 6.07) is 13.0. The second-order valence-electron chi connectivity index (χ2n) is 9.45. The average molecular weight is 486 g/mol. The van der Waals surface area contributed by atoms with Crippen molar-refractivity contribution in [3.8, 4) is 5.75 Å². The van der Waals surface area contributed by atoms with E-state index in [-0.39, 0.29) is 15.1 Å². The van der Waals surface area contributed by atoms with Gasteiger partial charge in [-0.05, 0) is 59.9 Å². The third-order valence-electron chi connectivity index (χ3n) is 6.44. The number of nitrogens with zero attached hydrogens (tertiary/aromatic N) is 2. The van der Waals surface area contributed by atoms with Crippen LogP contribution >= 0.6 is 0 Å². The molecule has 178 valence electrons. The summed E-state index contributed by atoms with van der Waals surface area (Å²) in [5, 5.41) is 13.8. The van der Waals surface area contributed by atoms with Gasteiger partial charge in [0.05, 0.1) is 16.1 Å². The summed E-state index contributed by atoms with van der Waals surface area (Å²) >= 11 is 0. The number of aryl methyl sites for hydroxylation is 1. The number of aromatic nitrogens is 1. The Morgan fingerprint density at radius 2 is 1.48 bits per heavy atom. The van der Waals surface area contributed by atoms with Gasteiger partial charge < -0.3 is 14.1 Å². The number of anilines is 1. The molecule has 0 saturated carbocycles. The minimum absolute atomic E-state index is 0.0237. The molecule has 3 rings (SSSR count). The summed E-state index contributed by atoms with van der Waals surface area (Å²) in [5.41, 5.74) is 2.28. The molecule has 3 aromatic rings. The lowest BCUT2D eigenvalue weighted by atomic mass is 10.2. The van der Waals surface area contributed by atoms with Crippen molar-refractivity contribution in [3.05, 3.63) is 65.5 Å². The fraction of sp³-hybridized carbons (Fsp3) is 0.400. The summed E-state index contributed by atoms with van der Waals surface area (Å²) < 4.78 is 33.0. The van der Waals surface area contributed by atoms with E-state index >= 15 is 0 Å². The van der Waals surface area contributed by atoms with Crippen LogP contribution in [0.4, 0.5) is 5.69 Å². The molecule has 2 aromatic carbocycles. The highest BCUT2D eigenvalue weighted by atomic mass is 32.2. The van der Waals surface area contributed by atoms with E-state index in [9.17, 15) is 13.6 Å². The molecule has 1 heterocycles. The molecule has 0 amide bonds. The van der Waals surface area contributed by atoms with Crippen molar-refractivity contribution < 1.29 is 12.8 Å². The summed E-state index contributed by atoms with van der Waals surface area (Å²) in [5.74, 6) is 0.644. The van der Waals surface area contributed by atoms with Crippen LogP contribution in [0, 0.1) is 12.1 Å². The lowest BCUT2D eigenvalue weighted by molar-refractivity contribution is 0.484. The van der Waals surface area contributed by atoms with Crippen LogP contribution in [0.1, 0.15) is 47.1 Å². The van der Waals surface area contributed by atoms with Crippen LogP contribution in [-0.4, -0.2) is 21.7 Å². The van der Waals surface area contributed by atoms with Gasteiger partial charge in [0, 0.05) is 11.6 Å². The van der Waals surface area contributed by atoms with Gasteiger partial charge in [-0.1, -0.05) is 59.2 Å². The SMILES string of the molecule is Cc1ccc(S(=O)(=O)N([O-])c2ccc(O[Si](C(C)C)(C(C)C)C(C)C)c3cccnc23)cc1. The van der Waals surface area contributed by atoms with E-state index in [1.165, 1.54) is 18.2 Å². The third kappa shape index (κ3) is 4.52. The van der Waals surface area contributed by atoms with E-state index in [4.69, 9.17) is 4.43 Å². The van der Waals surface area contributed by atoms with E-state index < -0.39 is 18.3 Å². The largest absolute Gasteiger partial charge is 0.744 e. The van der Waals surface area contributed by atoms with E-state index in [1.807, 2.05) is 13.0 Å². The summed E-state index contributed by atoms with van der Waals surface area (Å²) in [6.07, 6.45) is 1.56. The molecule has 0 N–H and O–H groups in total. The van der Waals surface area contributed by atoms with Crippen molar-refractivity contribution in [2.45, 2.75) is 70.0 Å². The second kappa shape index (κ2) is 9.44. The standard InChI is InChI=1S/C25H33N2O4SSi/c1-17(2)33(18(3)4,19(5)6)31-24-15-14-23(25-22(24)9-8-16-26-25)27(28)32(29,30)21-12-10-20(7)11-13-21/h8-19H,1-7H3/q-1. The second-order valence-corrected chi connectivity index (χ2v) is 16.6. The Morgan fingerprint density at radius 3 is 2.03 bits per heavy atom. The van der Waals surface area contributed by atoms with Gasteiger partial charge in [-0.15, -0.1) is 0 Å². The molecule has 0 aliphatic carbocycles. The molecule has 0 bridgehead atoms. The van der Waals surface area contributed by atoms with E-state index in [0.717, 1.165) is 5.56 Å². The molecule has 0 unspecified atom stereocenters. The fourth-order valence-corrected chi connectivity index (χ4v) is 11.2. The summed E-state index contributed by atoms with van der Waals surface area (Å²) in [6.45, 7) is 15.1. The lowest BCUT2D eigenvalue weighted by Gasteiger charge is -2.42. The molecule has 0 aliphatic rings. The van der Waals surface area contributed by atoms with Gasteiger partial charge in [0.1, 0.15) is 5.75 Å². The smallest absolute Gasteiger partial charge is 0.258 e. The Morgan fingerprint density at radius 1 is 0.909 bits per heavy atom. The Bertz CT molecular complexity index is 1200. The first-order valence-corrected chi connectivity index (χ1v) is 14.9. The zero-order chi connectivity index (χ0) is 24.6. The quantitative estimate of drug-likeness (QED) is 0.259. The van der Waals surface area contributed by atoms with Crippen LogP contribution in [0.15, 0.2) is 59.6 Å². The first-order valence-electron chi connectivity index (χ1n) is 11.3. The molecule has 1 aromatic heterocycles. The van der Waals surface area contributed by atoms with Crippen LogP contribution in [-0.2, 0) is 10.0 Å². The topological polar surface area (TPSA) is 82.6 Å². The molecule has 0 atom stereocenters. The molecule has 6 nitrogen and oxygen atoms in total. The predicted octanol–water partition coefficient (Wildman–Crippen LogP) is 6.79. The minimum atomic E-state index is -4.28. The highest BCUT2D eigenvalue weighted by Crippen LogP contribution is 2.45. The van der Waals surface area contributed by atoms with Gasteiger partial charge in [0.2, 0.25) is 0 Å². The predicted molar refractivity (Wildman–Crippen MR) is 138 cm³/mol. The van der Waals surface area contributed by atoms with Crippen molar-refractivity contribution in [1.82, 2.24) is 4.98 Å². The molecule has 8 heteroatoms. The Balaban J connectivity index is 2.14. The number of pyridine rings is 1. The third-order valence-corrected chi connectivity index (χ3v) is 13.9. The van der Waals surface area contributed by atoms with Crippen molar-refractivity contribution >= 4 is 34.9 Å². The van der Waals surface area contributed by atoms with Crippen molar-refractivity contribution in [1.29, 1.82) is 0 Å². The van der Waals surface area contributed by atoms with Crippen LogP contribution in [0.3, 0.4) is 0 Å². The van der Waals surface area contributed by atoms with Crippen LogP contribution in [0.5, 0.6) is 5.75 Å². The van der Waals surface area contributed by atoms with Crippen molar-refractivity contribution in [3.63, 3.8) is 0 Å². The Hall–Kier alpha value is -2.42. The number of fused-ring (bicyclic) bond motifs is 1. The van der Waals surface area contributed by atoms with Gasteiger partial charge >= 0.3 is 0 Å². The Kier molecular flexibility index (Phi) is 7.21. The van der Waals surface area contributed by atoms with E-state index in [2.05, 4.69) is 46.5 Å². The maximum Gasteiger partial charge on any atom is 0.258 e. The number of hydrogen-bond acceptors (Lipinski definition) is 5. The normalized spacial score (nSPS) is 12.7. The van der Waals surface area contributed by atoms with E-state index in [0.29, 0.717) is 33.3 Å². The highest BCUT2D eigenvalue weighted by Gasteiger charge is 2.47. The molecule has 0 radical (unpaired) electrons. The van der Waals surface area contributed by atoms with Crippen molar-refractivity contribution in [2.24, 2.45) is 0 Å². The van der Waals surface area contributed by atoms with Crippen LogP contribution < -0.4 is 8.89 Å². The monoisotopic (exact) mass is 485 g/mol. The number of hydrogen-bond donors (Lipinski definition) is 0. The lowest BCUT2D eigenvalue weighted by Crippen LogP contribution is -2.50. The number of sulfonamides is 1.